The standard InChI is InChI=1S/C22H34O7/c1-9-14(25)8-15(26)22(6)16(9)18(27)12-7-13(24)10(2)17(21(12,4)5)19(20(22)28)29-11(3)23/h12-16,18-20,24-28H,1,7-8H2,2-6H3. The molecule has 3 aliphatic carbocycles. The molecule has 7 nitrogen and oxygen atoms in total. The number of rotatable bonds is 1. The molecule has 0 aromatic carbocycles. The molecule has 0 amide bonds. The minimum Gasteiger partial charge on any atom is -0.455 e. The fraction of sp³-hybridized carbons (Fsp3) is 0.773. The summed E-state index contributed by atoms with van der Waals surface area (Å²) in [5.41, 5.74) is -0.496. The summed E-state index contributed by atoms with van der Waals surface area (Å²) in [6, 6.07) is 0. The van der Waals surface area contributed by atoms with Crippen LogP contribution in [0.2, 0.25) is 0 Å². The van der Waals surface area contributed by atoms with Gasteiger partial charge in [0.1, 0.15) is 6.10 Å². The summed E-state index contributed by atoms with van der Waals surface area (Å²) in [5.74, 6) is -1.89. The predicted octanol–water partition coefficient (Wildman–Crippen LogP) is 0.681. The lowest BCUT2D eigenvalue weighted by atomic mass is 9.48. The summed E-state index contributed by atoms with van der Waals surface area (Å²) in [7, 11) is 0. The van der Waals surface area contributed by atoms with Crippen molar-refractivity contribution in [2.45, 2.75) is 84.1 Å². The maximum Gasteiger partial charge on any atom is 0.303 e. The molecule has 0 heterocycles. The summed E-state index contributed by atoms with van der Waals surface area (Å²) in [5, 5.41) is 55.1. The molecule has 0 aromatic rings. The van der Waals surface area contributed by atoms with Crippen LogP contribution in [0.4, 0.5) is 0 Å². The van der Waals surface area contributed by atoms with Crippen LogP contribution in [0.25, 0.3) is 0 Å². The van der Waals surface area contributed by atoms with Crippen molar-refractivity contribution in [3.63, 3.8) is 0 Å². The summed E-state index contributed by atoms with van der Waals surface area (Å²) >= 11 is 0. The van der Waals surface area contributed by atoms with Crippen LogP contribution in [0.15, 0.2) is 23.3 Å². The van der Waals surface area contributed by atoms with E-state index in [4.69, 9.17) is 4.74 Å². The highest BCUT2D eigenvalue weighted by Crippen LogP contribution is 2.59. The smallest absolute Gasteiger partial charge is 0.303 e. The van der Waals surface area contributed by atoms with E-state index in [0.29, 0.717) is 16.7 Å². The second kappa shape index (κ2) is 7.17. The molecule has 2 fully saturated rings. The molecule has 3 aliphatic rings. The van der Waals surface area contributed by atoms with Gasteiger partial charge in [-0.05, 0) is 41.4 Å². The summed E-state index contributed by atoms with van der Waals surface area (Å²) in [6.45, 7) is 12.4. The van der Waals surface area contributed by atoms with Crippen molar-refractivity contribution >= 4 is 5.97 Å². The van der Waals surface area contributed by atoms with Crippen LogP contribution in [0, 0.1) is 22.7 Å². The molecule has 0 radical (unpaired) electrons. The number of carbonyl (C=O) groups is 1. The lowest BCUT2D eigenvalue weighted by Gasteiger charge is -2.60. The molecule has 5 N–H and O–H groups in total. The van der Waals surface area contributed by atoms with E-state index in [0.717, 1.165) is 0 Å². The summed E-state index contributed by atoms with van der Waals surface area (Å²) < 4.78 is 5.60. The molecule has 9 atom stereocenters. The van der Waals surface area contributed by atoms with Gasteiger partial charge in [-0.15, -0.1) is 0 Å². The van der Waals surface area contributed by atoms with Gasteiger partial charge in [-0.3, -0.25) is 4.79 Å². The van der Waals surface area contributed by atoms with Crippen molar-refractivity contribution in [1.29, 1.82) is 0 Å². The summed E-state index contributed by atoms with van der Waals surface area (Å²) in [4.78, 5) is 12.0. The Kier molecular flexibility index (Phi) is 5.54. The SMILES string of the molecule is C=C1C(O)CC(O)C2(C)C(O)C(OC(C)=O)C3=C(C)C(O)CC(C(O)C12)C3(C)C. The van der Waals surface area contributed by atoms with Gasteiger partial charge < -0.3 is 30.3 Å². The second-order valence-electron chi connectivity index (χ2n) is 9.83. The highest BCUT2D eigenvalue weighted by molar-refractivity contribution is 5.67. The van der Waals surface area contributed by atoms with E-state index in [1.54, 1.807) is 13.8 Å². The van der Waals surface area contributed by atoms with Crippen molar-refractivity contribution in [2.75, 3.05) is 0 Å². The Balaban J connectivity index is 2.31. The maximum atomic E-state index is 12.0. The van der Waals surface area contributed by atoms with E-state index in [1.165, 1.54) is 6.92 Å². The molecule has 9 unspecified atom stereocenters. The van der Waals surface area contributed by atoms with Gasteiger partial charge >= 0.3 is 5.97 Å². The van der Waals surface area contributed by atoms with Crippen molar-refractivity contribution in [3.8, 4) is 0 Å². The van der Waals surface area contributed by atoms with Crippen molar-refractivity contribution < 1.29 is 35.1 Å². The Labute approximate surface area is 171 Å². The highest BCUT2D eigenvalue weighted by Gasteiger charge is 2.63. The third-order valence-corrected chi connectivity index (χ3v) is 7.94. The largest absolute Gasteiger partial charge is 0.455 e. The predicted molar refractivity (Wildman–Crippen MR) is 106 cm³/mol. The van der Waals surface area contributed by atoms with E-state index in [-0.39, 0.29) is 12.8 Å². The van der Waals surface area contributed by atoms with Gasteiger partial charge in [-0.2, -0.15) is 0 Å². The van der Waals surface area contributed by atoms with Gasteiger partial charge in [0, 0.05) is 24.7 Å². The monoisotopic (exact) mass is 410 g/mol. The molecule has 7 heteroatoms. The molecule has 0 saturated heterocycles. The number of fused-ring (bicyclic) bond motifs is 3. The van der Waals surface area contributed by atoms with E-state index >= 15 is 0 Å². The average Bonchev–Trinajstić information content (AvgIpc) is 2.60. The minimum absolute atomic E-state index is 0.0306. The van der Waals surface area contributed by atoms with Gasteiger partial charge in [0.2, 0.25) is 0 Å². The van der Waals surface area contributed by atoms with Crippen LogP contribution in [-0.2, 0) is 9.53 Å². The molecule has 2 saturated carbocycles. The highest BCUT2D eigenvalue weighted by atomic mass is 16.6. The first-order valence-corrected chi connectivity index (χ1v) is 10.2. The number of carbonyl (C=O) groups excluding carboxylic acids is 1. The number of esters is 1. The zero-order valence-electron chi connectivity index (χ0n) is 17.8. The van der Waals surface area contributed by atoms with Gasteiger partial charge in [0.25, 0.3) is 0 Å². The molecule has 164 valence electrons. The first-order chi connectivity index (χ1) is 13.3. The van der Waals surface area contributed by atoms with Crippen LogP contribution in [0.3, 0.4) is 0 Å². The van der Waals surface area contributed by atoms with Crippen LogP contribution in [0.1, 0.15) is 47.5 Å². The molecule has 0 spiro atoms. The zero-order valence-corrected chi connectivity index (χ0v) is 17.8. The van der Waals surface area contributed by atoms with Gasteiger partial charge in [0.05, 0.1) is 24.4 Å². The maximum absolute atomic E-state index is 12.0. The zero-order chi connectivity index (χ0) is 22.0. The average molecular weight is 411 g/mol. The number of hydrogen-bond acceptors (Lipinski definition) is 7. The molecule has 0 aromatic heterocycles. The third kappa shape index (κ3) is 3.10. The Morgan fingerprint density at radius 3 is 2.21 bits per heavy atom. The van der Waals surface area contributed by atoms with E-state index in [9.17, 15) is 30.3 Å². The van der Waals surface area contributed by atoms with Gasteiger partial charge in [-0.25, -0.2) is 0 Å². The topological polar surface area (TPSA) is 127 Å². The molecule has 3 rings (SSSR count). The van der Waals surface area contributed by atoms with Gasteiger partial charge in [0.15, 0.2) is 6.10 Å². The van der Waals surface area contributed by atoms with E-state index in [1.807, 2.05) is 13.8 Å². The lowest BCUT2D eigenvalue weighted by Crippen LogP contribution is -2.66. The lowest BCUT2D eigenvalue weighted by molar-refractivity contribution is -0.204. The number of aliphatic hydroxyl groups is 5. The normalized spacial score (nSPS) is 47.2. The van der Waals surface area contributed by atoms with E-state index in [2.05, 4.69) is 6.58 Å². The van der Waals surface area contributed by atoms with Crippen molar-refractivity contribution in [2.24, 2.45) is 22.7 Å². The number of aliphatic hydroxyl groups excluding tert-OH is 5. The molecular weight excluding hydrogens is 376 g/mol. The van der Waals surface area contributed by atoms with Crippen LogP contribution >= 0.6 is 0 Å². The Morgan fingerprint density at radius 2 is 1.66 bits per heavy atom. The molecule has 29 heavy (non-hydrogen) atoms. The van der Waals surface area contributed by atoms with Gasteiger partial charge in [-0.1, -0.05) is 27.4 Å². The third-order valence-electron chi connectivity index (χ3n) is 7.94. The first-order valence-electron chi connectivity index (χ1n) is 10.2. The summed E-state index contributed by atoms with van der Waals surface area (Å²) in [6.07, 6.45) is -6.33. The first kappa shape index (κ1) is 22.4. The fourth-order valence-electron chi connectivity index (χ4n) is 6.17. The van der Waals surface area contributed by atoms with Crippen molar-refractivity contribution in [3.05, 3.63) is 23.3 Å². The number of ether oxygens (including phenoxy) is 1. The Hall–Kier alpha value is -1.25. The van der Waals surface area contributed by atoms with Crippen molar-refractivity contribution in [1.82, 2.24) is 0 Å². The van der Waals surface area contributed by atoms with Crippen LogP contribution in [0.5, 0.6) is 0 Å². The Bertz CT molecular complexity index is 741. The van der Waals surface area contributed by atoms with Crippen LogP contribution in [-0.4, -0.2) is 68.1 Å². The molecular formula is C22H34O7. The number of hydrogen-bond donors (Lipinski definition) is 5. The van der Waals surface area contributed by atoms with Crippen LogP contribution < -0.4 is 0 Å². The fourth-order valence-corrected chi connectivity index (χ4v) is 6.17. The molecule has 0 aliphatic heterocycles. The minimum atomic E-state index is -1.37. The van der Waals surface area contributed by atoms with E-state index < -0.39 is 65.3 Å². The quantitative estimate of drug-likeness (QED) is 0.318. The Morgan fingerprint density at radius 1 is 1.07 bits per heavy atom. The second-order valence-corrected chi connectivity index (χ2v) is 9.83. The molecule has 2 bridgehead atoms.